The van der Waals surface area contributed by atoms with E-state index >= 15 is 0 Å². The first-order chi connectivity index (χ1) is 15.4. The van der Waals surface area contributed by atoms with E-state index in [-0.39, 0.29) is 37.9 Å². The van der Waals surface area contributed by atoms with Crippen molar-refractivity contribution in [3.8, 4) is 11.1 Å². The van der Waals surface area contributed by atoms with Gasteiger partial charge < -0.3 is 20.9 Å². The number of guanidine groups is 1. The van der Waals surface area contributed by atoms with Gasteiger partial charge in [0.15, 0.2) is 0 Å². The van der Waals surface area contributed by atoms with Crippen molar-refractivity contribution in [2.75, 3.05) is 13.2 Å². The number of amides is 1. The summed E-state index contributed by atoms with van der Waals surface area (Å²) in [5.74, 6) is -1.66. The molecule has 0 spiro atoms. The van der Waals surface area contributed by atoms with E-state index in [4.69, 9.17) is 15.7 Å². The number of hydrogen-bond acceptors (Lipinski definition) is 5. The summed E-state index contributed by atoms with van der Waals surface area (Å²) in [5.41, 5.74) is 11.4. The molecule has 0 fully saturated rings. The zero-order chi connectivity index (χ0) is 23.1. The van der Waals surface area contributed by atoms with Gasteiger partial charge in [0, 0.05) is 12.5 Å². The average Bonchev–Trinajstić information content (AvgIpc) is 3.07. The van der Waals surface area contributed by atoms with E-state index in [2.05, 4.69) is 10.3 Å². The van der Waals surface area contributed by atoms with Gasteiger partial charge in [-0.3, -0.25) is 0 Å². The Bertz CT molecular complexity index is 995. The molecule has 0 radical (unpaired) electrons. The zero-order valence-corrected chi connectivity index (χ0v) is 17.1. The molecule has 1 aliphatic carbocycles. The molecular formula is C21H24N5O6+. The van der Waals surface area contributed by atoms with E-state index in [9.17, 15) is 19.6 Å². The second-order valence-electron chi connectivity index (χ2n) is 7.15. The van der Waals surface area contributed by atoms with Crippen molar-refractivity contribution in [1.82, 2.24) is 10.7 Å². The topological polar surface area (TPSA) is 166 Å². The van der Waals surface area contributed by atoms with Crippen LogP contribution < -0.4 is 16.5 Å². The standard InChI is InChI=1S/C21H23N5O6/c22-20(25-26(30)31)23-11-5-10-18(19(27)28)24-21(29)32-12-17-15-8-3-1-6-13(15)14-7-2-4-9-16(14)17/h1-4,6-9,17-18H,5,10-12H2,(H5-,22,23,24,25,27,28,29,30,31)/p+1/t18-/m0/s1. The highest BCUT2D eigenvalue weighted by Gasteiger charge is 2.29. The van der Waals surface area contributed by atoms with Crippen molar-refractivity contribution in [3.05, 3.63) is 64.6 Å². The molecule has 0 aromatic heterocycles. The van der Waals surface area contributed by atoms with Gasteiger partial charge in [-0.05, 0) is 40.5 Å². The monoisotopic (exact) mass is 442 g/mol. The minimum Gasteiger partial charge on any atom is -0.480 e. The highest BCUT2D eigenvalue weighted by molar-refractivity contribution is 5.81. The van der Waals surface area contributed by atoms with E-state index in [1.807, 2.05) is 48.5 Å². The lowest BCUT2D eigenvalue weighted by Gasteiger charge is -2.17. The second-order valence-corrected chi connectivity index (χ2v) is 7.15. The molecule has 32 heavy (non-hydrogen) atoms. The van der Waals surface area contributed by atoms with Crippen LogP contribution in [0.1, 0.15) is 29.9 Å². The van der Waals surface area contributed by atoms with E-state index in [1.54, 1.807) is 5.43 Å². The summed E-state index contributed by atoms with van der Waals surface area (Å²) in [6.45, 7) is 0.161. The third-order valence-corrected chi connectivity index (χ3v) is 5.08. The number of carboxylic acid groups (broad SMARTS) is 1. The Hall–Kier alpha value is -4.15. The van der Waals surface area contributed by atoms with E-state index < -0.39 is 23.1 Å². The van der Waals surface area contributed by atoms with Gasteiger partial charge >= 0.3 is 17.1 Å². The van der Waals surface area contributed by atoms with Gasteiger partial charge in [-0.15, -0.1) is 0 Å². The van der Waals surface area contributed by atoms with Gasteiger partial charge in [0.1, 0.15) is 17.6 Å². The number of hydrogen-bond donors (Lipinski definition) is 5. The Labute approximate surface area is 183 Å². The quantitative estimate of drug-likeness (QED) is 0.169. The summed E-state index contributed by atoms with van der Waals surface area (Å²) in [6, 6.07) is 14.6. The summed E-state index contributed by atoms with van der Waals surface area (Å²) in [4.78, 5) is 37.9. The highest BCUT2D eigenvalue weighted by atomic mass is 16.7. The molecule has 11 heteroatoms. The number of benzene rings is 2. The number of aliphatic imine (C=N–C) groups is 1. The first-order valence-corrected chi connectivity index (χ1v) is 9.94. The van der Waals surface area contributed by atoms with Gasteiger partial charge in [-0.25, -0.2) is 19.8 Å². The molecule has 3 rings (SSSR count). The molecule has 168 valence electrons. The Morgan fingerprint density at radius 2 is 1.72 bits per heavy atom. The van der Waals surface area contributed by atoms with Crippen LogP contribution in [0, 0.1) is 4.91 Å². The fourth-order valence-corrected chi connectivity index (χ4v) is 3.67. The lowest BCUT2D eigenvalue weighted by atomic mass is 9.98. The number of carboxylic acids is 1. The van der Waals surface area contributed by atoms with Crippen LogP contribution in [0.25, 0.3) is 11.1 Å². The molecule has 2 aromatic carbocycles. The summed E-state index contributed by atoms with van der Waals surface area (Å²) in [5, 5.41) is 19.6. The van der Waals surface area contributed by atoms with Crippen molar-refractivity contribution in [2.45, 2.75) is 24.8 Å². The minimum absolute atomic E-state index is 0.0660. The average molecular weight is 442 g/mol. The fourth-order valence-electron chi connectivity index (χ4n) is 3.67. The number of fused-ring (bicyclic) bond motifs is 3. The number of nitrogens with one attached hydrogen (secondary N) is 2. The first kappa shape index (κ1) is 22.5. The largest absolute Gasteiger partial charge is 0.480 e. The number of alkyl carbamates (subject to hydrolysis) is 1. The van der Waals surface area contributed by atoms with Crippen LogP contribution in [0.5, 0.6) is 0 Å². The number of aliphatic carboxylic acids is 1. The summed E-state index contributed by atoms with van der Waals surface area (Å²) >= 11 is 0. The SMILES string of the molecule is NC(=NCCC[C@H](NC(=O)OCC1c2ccccc2-c2ccccc21)C(=O)O)N[N+](=O)O. The highest BCUT2D eigenvalue weighted by Crippen LogP contribution is 2.44. The van der Waals surface area contributed by atoms with Gasteiger partial charge in [0.25, 0.3) is 5.96 Å². The molecule has 0 heterocycles. The molecule has 1 aliphatic rings. The lowest BCUT2D eigenvalue weighted by Crippen LogP contribution is -2.41. The third kappa shape index (κ3) is 5.50. The van der Waals surface area contributed by atoms with Crippen LogP contribution in [0.3, 0.4) is 0 Å². The maximum Gasteiger partial charge on any atom is 0.407 e. The molecule has 0 unspecified atom stereocenters. The van der Waals surface area contributed by atoms with Crippen molar-refractivity contribution < 1.29 is 29.7 Å². The second kappa shape index (κ2) is 10.2. The first-order valence-electron chi connectivity index (χ1n) is 9.94. The number of rotatable bonds is 9. The van der Waals surface area contributed by atoms with Gasteiger partial charge in [0.2, 0.25) is 0 Å². The summed E-state index contributed by atoms with van der Waals surface area (Å²) in [7, 11) is 0. The lowest BCUT2D eigenvalue weighted by molar-refractivity contribution is -0.822. The van der Waals surface area contributed by atoms with Crippen LogP contribution in [0.15, 0.2) is 53.5 Å². The molecule has 6 N–H and O–H groups in total. The Morgan fingerprint density at radius 3 is 2.28 bits per heavy atom. The van der Waals surface area contributed by atoms with Crippen molar-refractivity contribution in [3.63, 3.8) is 0 Å². The van der Waals surface area contributed by atoms with Gasteiger partial charge in [-0.1, -0.05) is 48.5 Å². The maximum atomic E-state index is 12.3. The van der Waals surface area contributed by atoms with Crippen LogP contribution in [-0.4, -0.2) is 52.6 Å². The van der Waals surface area contributed by atoms with E-state index in [0.717, 1.165) is 22.3 Å². The van der Waals surface area contributed by atoms with Crippen molar-refractivity contribution in [2.24, 2.45) is 10.7 Å². The molecule has 1 atom stereocenters. The molecule has 11 nitrogen and oxygen atoms in total. The number of hydrazine groups is 1. The Morgan fingerprint density at radius 1 is 1.12 bits per heavy atom. The number of carbonyl (C=O) groups excluding carboxylic acids is 1. The molecule has 1 amide bonds. The number of nitrogens with zero attached hydrogens (tertiary/aromatic N) is 2. The number of ether oxygens (including phenoxy) is 1. The van der Waals surface area contributed by atoms with E-state index in [0.29, 0.717) is 0 Å². The molecule has 0 saturated heterocycles. The number of carbonyl (C=O) groups is 2. The normalized spacial score (nSPS) is 13.6. The molecule has 0 aliphatic heterocycles. The summed E-state index contributed by atoms with van der Waals surface area (Å²) < 4.78 is 5.37. The third-order valence-electron chi connectivity index (χ3n) is 5.08. The zero-order valence-electron chi connectivity index (χ0n) is 17.1. The molecule has 0 bridgehead atoms. The fraction of sp³-hybridized carbons (Fsp3) is 0.286. The van der Waals surface area contributed by atoms with Gasteiger partial charge in [-0.2, -0.15) is 0 Å². The molecule has 0 saturated carbocycles. The van der Waals surface area contributed by atoms with Crippen molar-refractivity contribution >= 4 is 18.0 Å². The smallest absolute Gasteiger partial charge is 0.407 e. The Kier molecular flexibility index (Phi) is 7.21. The predicted octanol–water partition coefficient (Wildman–Crippen LogP) is 1.75. The van der Waals surface area contributed by atoms with Crippen LogP contribution in [0.4, 0.5) is 4.79 Å². The van der Waals surface area contributed by atoms with Crippen LogP contribution in [-0.2, 0) is 9.53 Å². The van der Waals surface area contributed by atoms with Crippen LogP contribution in [0.2, 0.25) is 0 Å². The van der Waals surface area contributed by atoms with Gasteiger partial charge in [0.05, 0.1) is 0 Å². The predicted molar refractivity (Wildman–Crippen MR) is 114 cm³/mol. The Balaban J connectivity index is 1.54. The molecular weight excluding hydrogens is 418 g/mol. The summed E-state index contributed by atoms with van der Waals surface area (Å²) in [6.07, 6.45) is -0.504. The van der Waals surface area contributed by atoms with Crippen molar-refractivity contribution in [1.29, 1.82) is 0 Å². The van der Waals surface area contributed by atoms with Crippen LogP contribution >= 0.6 is 0 Å². The number of nitrogens with two attached hydrogens (primary N) is 1. The van der Waals surface area contributed by atoms with E-state index in [1.165, 1.54) is 0 Å². The maximum absolute atomic E-state index is 12.3. The molecule has 2 aromatic rings. The minimum atomic E-state index is -1.21.